The maximum Gasteiger partial charge on any atom is 0.213 e. The lowest BCUT2D eigenvalue weighted by Crippen LogP contribution is -2.33. The fourth-order valence-corrected chi connectivity index (χ4v) is 4.85. The number of rotatable bonds is 7. The predicted octanol–water partition coefficient (Wildman–Crippen LogP) is 7.57. The van der Waals surface area contributed by atoms with Gasteiger partial charge >= 0.3 is 0 Å². The maximum absolute atomic E-state index is 6.50. The quantitative estimate of drug-likeness (QED) is 0.311. The number of hydrogen-bond acceptors (Lipinski definition) is 4. The molecule has 0 bridgehead atoms. The Balaban J connectivity index is 1.44. The Morgan fingerprint density at radius 1 is 1.03 bits per heavy atom. The van der Waals surface area contributed by atoms with Crippen LogP contribution in [0.2, 0.25) is 0 Å². The lowest BCUT2D eigenvalue weighted by atomic mass is 9.95. The van der Waals surface area contributed by atoms with Gasteiger partial charge in [0.1, 0.15) is 11.5 Å². The third-order valence-corrected chi connectivity index (χ3v) is 6.81. The average molecular weight is 505 g/mol. The van der Waals surface area contributed by atoms with Crippen molar-refractivity contribution in [3.8, 4) is 11.5 Å². The fourth-order valence-electron chi connectivity index (χ4n) is 4.47. The molecular weight excluding hydrogens is 476 g/mol. The highest BCUT2D eigenvalue weighted by molar-refractivity contribution is 9.10. The van der Waals surface area contributed by atoms with E-state index >= 15 is 0 Å². The number of nitrogens with zero attached hydrogens (tertiary/aromatic N) is 2. The number of ether oxygens (including phenoxy) is 2. The van der Waals surface area contributed by atoms with E-state index in [4.69, 9.17) is 14.6 Å². The van der Waals surface area contributed by atoms with Crippen molar-refractivity contribution in [1.82, 2.24) is 5.01 Å². The highest BCUT2D eigenvalue weighted by atomic mass is 79.9. The van der Waals surface area contributed by atoms with Crippen LogP contribution in [0.15, 0.2) is 76.3 Å². The minimum atomic E-state index is -0.277. The SMILES string of the molecule is CCCCCOc1ccc([C@@H]2Oc3ccc(Br)cc3[C@H]3CC(c4ccc(C)cc4)=NN32)cc1. The third kappa shape index (κ3) is 4.65. The molecule has 0 amide bonds. The van der Waals surface area contributed by atoms with E-state index in [9.17, 15) is 0 Å². The van der Waals surface area contributed by atoms with Crippen molar-refractivity contribution < 1.29 is 9.47 Å². The molecular formula is C28H29BrN2O2. The average Bonchev–Trinajstić information content (AvgIpc) is 3.28. The number of hydrogen-bond donors (Lipinski definition) is 0. The molecule has 0 fully saturated rings. The number of aryl methyl sites for hydroxylation is 1. The summed E-state index contributed by atoms with van der Waals surface area (Å²) >= 11 is 3.63. The number of fused-ring (bicyclic) bond motifs is 3. The van der Waals surface area contributed by atoms with Crippen molar-refractivity contribution in [2.75, 3.05) is 6.61 Å². The van der Waals surface area contributed by atoms with Crippen LogP contribution in [0.4, 0.5) is 0 Å². The Morgan fingerprint density at radius 3 is 2.58 bits per heavy atom. The first-order chi connectivity index (χ1) is 16.1. The highest BCUT2D eigenvalue weighted by Crippen LogP contribution is 2.48. The molecule has 0 saturated carbocycles. The predicted molar refractivity (Wildman–Crippen MR) is 136 cm³/mol. The summed E-state index contributed by atoms with van der Waals surface area (Å²) in [5.74, 6) is 1.82. The van der Waals surface area contributed by atoms with Crippen molar-refractivity contribution in [3.05, 3.63) is 93.5 Å². The van der Waals surface area contributed by atoms with E-state index in [2.05, 4.69) is 83.3 Å². The first-order valence-corrected chi connectivity index (χ1v) is 12.5. The van der Waals surface area contributed by atoms with Crippen LogP contribution in [-0.4, -0.2) is 17.3 Å². The Hall–Kier alpha value is -2.79. The molecule has 2 aliphatic heterocycles. The number of halogens is 1. The molecule has 0 aromatic heterocycles. The molecule has 0 N–H and O–H groups in total. The topological polar surface area (TPSA) is 34.1 Å². The van der Waals surface area contributed by atoms with E-state index in [1.165, 1.54) is 29.5 Å². The van der Waals surface area contributed by atoms with Gasteiger partial charge in [0.15, 0.2) is 0 Å². The normalized spacial score (nSPS) is 18.9. The molecule has 0 unspecified atom stereocenters. The number of unbranched alkanes of at least 4 members (excludes halogenated alkanes) is 2. The third-order valence-electron chi connectivity index (χ3n) is 6.32. The van der Waals surface area contributed by atoms with Gasteiger partial charge in [0.2, 0.25) is 6.23 Å². The Kier molecular flexibility index (Phi) is 6.41. The van der Waals surface area contributed by atoms with Gasteiger partial charge in [0.25, 0.3) is 0 Å². The van der Waals surface area contributed by atoms with Crippen LogP contribution in [0.1, 0.15) is 67.1 Å². The van der Waals surface area contributed by atoms with Crippen molar-refractivity contribution in [1.29, 1.82) is 0 Å². The summed E-state index contributed by atoms with van der Waals surface area (Å²) in [6.45, 7) is 5.07. The van der Waals surface area contributed by atoms with Crippen LogP contribution in [0.5, 0.6) is 11.5 Å². The van der Waals surface area contributed by atoms with Crippen LogP contribution in [-0.2, 0) is 0 Å². The Morgan fingerprint density at radius 2 is 1.82 bits per heavy atom. The monoisotopic (exact) mass is 504 g/mol. The largest absolute Gasteiger partial charge is 0.494 e. The molecule has 2 atom stereocenters. The van der Waals surface area contributed by atoms with Gasteiger partial charge in [-0.3, -0.25) is 0 Å². The Bertz CT molecular complexity index is 1140. The van der Waals surface area contributed by atoms with Crippen LogP contribution in [0.25, 0.3) is 0 Å². The second-order valence-corrected chi connectivity index (χ2v) is 9.71. The van der Waals surface area contributed by atoms with Gasteiger partial charge in [-0.25, -0.2) is 5.01 Å². The number of hydrazone groups is 1. The van der Waals surface area contributed by atoms with E-state index in [1.807, 2.05) is 18.2 Å². The molecule has 5 heteroatoms. The van der Waals surface area contributed by atoms with Crippen LogP contribution in [0, 0.1) is 6.92 Å². The van der Waals surface area contributed by atoms with Crippen molar-refractivity contribution in [2.45, 2.75) is 51.8 Å². The van der Waals surface area contributed by atoms with E-state index < -0.39 is 0 Å². The zero-order chi connectivity index (χ0) is 22.8. The van der Waals surface area contributed by atoms with E-state index in [-0.39, 0.29) is 12.3 Å². The minimum absolute atomic E-state index is 0.137. The van der Waals surface area contributed by atoms with Crippen molar-refractivity contribution in [2.24, 2.45) is 5.10 Å². The van der Waals surface area contributed by atoms with Gasteiger partial charge in [-0.2, -0.15) is 5.10 Å². The van der Waals surface area contributed by atoms with Gasteiger partial charge in [0, 0.05) is 22.0 Å². The summed E-state index contributed by atoms with van der Waals surface area (Å²) in [5.41, 5.74) is 5.76. The zero-order valence-corrected chi connectivity index (χ0v) is 20.7. The highest BCUT2D eigenvalue weighted by Gasteiger charge is 2.41. The van der Waals surface area contributed by atoms with Crippen LogP contribution >= 0.6 is 15.9 Å². The maximum atomic E-state index is 6.50. The summed E-state index contributed by atoms with van der Waals surface area (Å²) in [5, 5.41) is 7.19. The molecule has 33 heavy (non-hydrogen) atoms. The van der Waals surface area contributed by atoms with Crippen LogP contribution in [0.3, 0.4) is 0 Å². The molecule has 0 spiro atoms. The lowest BCUT2D eigenvalue weighted by Gasteiger charge is -2.38. The van der Waals surface area contributed by atoms with Crippen molar-refractivity contribution in [3.63, 3.8) is 0 Å². The second kappa shape index (κ2) is 9.60. The molecule has 0 radical (unpaired) electrons. The molecule has 3 aromatic carbocycles. The molecule has 2 aliphatic rings. The van der Waals surface area contributed by atoms with Gasteiger partial charge < -0.3 is 9.47 Å². The molecule has 170 valence electrons. The summed E-state index contributed by atoms with van der Waals surface area (Å²) in [4.78, 5) is 0. The molecule has 5 rings (SSSR count). The molecule has 2 heterocycles. The molecule has 3 aromatic rings. The summed E-state index contributed by atoms with van der Waals surface area (Å²) in [6, 6.07) is 23.3. The second-order valence-electron chi connectivity index (χ2n) is 8.79. The molecule has 0 saturated heterocycles. The van der Waals surface area contributed by atoms with E-state index in [1.54, 1.807) is 0 Å². The fraction of sp³-hybridized carbons (Fsp3) is 0.321. The van der Waals surface area contributed by atoms with E-state index in [0.29, 0.717) is 0 Å². The summed E-state index contributed by atoms with van der Waals surface area (Å²) in [6.07, 6.45) is 4.05. The lowest BCUT2D eigenvalue weighted by molar-refractivity contribution is -0.0191. The molecule has 0 aliphatic carbocycles. The zero-order valence-electron chi connectivity index (χ0n) is 19.1. The van der Waals surface area contributed by atoms with Gasteiger partial charge in [-0.15, -0.1) is 0 Å². The Labute approximate surface area is 204 Å². The van der Waals surface area contributed by atoms with Gasteiger partial charge in [-0.05, 0) is 61.4 Å². The first-order valence-electron chi connectivity index (χ1n) is 11.7. The van der Waals surface area contributed by atoms with E-state index in [0.717, 1.165) is 46.7 Å². The standard InChI is InChI=1S/C28H29BrN2O2/c1-3-4-5-16-32-23-13-10-21(11-14-23)28-31-26(24-17-22(29)12-15-27(24)33-28)18-25(30-31)20-8-6-19(2)7-9-20/h6-15,17,26,28H,3-5,16,18H2,1-2H3/t26-,28+/m1/s1. The summed E-state index contributed by atoms with van der Waals surface area (Å²) < 4.78 is 13.5. The minimum Gasteiger partial charge on any atom is -0.494 e. The van der Waals surface area contributed by atoms with Gasteiger partial charge in [-0.1, -0.05) is 65.5 Å². The first kappa shape index (κ1) is 22.0. The van der Waals surface area contributed by atoms with Gasteiger partial charge in [0.05, 0.1) is 18.4 Å². The smallest absolute Gasteiger partial charge is 0.213 e. The number of benzene rings is 3. The molecule has 4 nitrogen and oxygen atoms in total. The van der Waals surface area contributed by atoms with Crippen molar-refractivity contribution >= 4 is 21.6 Å². The summed E-state index contributed by atoms with van der Waals surface area (Å²) in [7, 11) is 0. The van der Waals surface area contributed by atoms with Crippen LogP contribution < -0.4 is 9.47 Å².